The zero-order valence-electron chi connectivity index (χ0n) is 5.12. The second-order valence-electron chi connectivity index (χ2n) is 1.41. The van der Waals surface area contributed by atoms with Gasteiger partial charge in [0.2, 0.25) is 0 Å². The first-order valence-electron chi connectivity index (χ1n) is 2.60. The van der Waals surface area contributed by atoms with Gasteiger partial charge in [-0.1, -0.05) is 18.7 Å². The second-order valence-corrected chi connectivity index (χ2v) is 1.41. The molecule has 0 aliphatic rings. The van der Waals surface area contributed by atoms with Crippen LogP contribution in [0.15, 0.2) is 36.6 Å². The summed E-state index contributed by atoms with van der Waals surface area (Å²) in [5.41, 5.74) is 0. The number of aliphatic hydroxyl groups is 2. The quantitative estimate of drug-likeness (QED) is 0.440. The van der Waals surface area contributed by atoms with Gasteiger partial charge < -0.3 is 10.2 Å². The van der Waals surface area contributed by atoms with E-state index >= 15 is 0 Å². The minimum Gasteiger partial charge on any atom is -0.508 e. The van der Waals surface area contributed by atoms with Crippen molar-refractivity contribution in [3.8, 4) is 0 Å². The van der Waals surface area contributed by atoms with E-state index in [9.17, 15) is 0 Å². The molecule has 0 amide bonds. The minimum absolute atomic E-state index is 0.0605. The van der Waals surface area contributed by atoms with Gasteiger partial charge in [-0.3, -0.25) is 0 Å². The lowest BCUT2D eigenvalue weighted by Crippen LogP contribution is -1.74. The standard InChI is InChI=1S/C7H10O2/c1-2-4-7(9)5-3-6-8/h2-5,8-9H,1,6H2/b5-3-,7-4+. The van der Waals surface area contributed by atoms with Crippen LogP contribution < -0.4 is 0 Å². The average molecular weight is 126 g/mol. The van der Waals surface area contributed by atoms with E-state index in [1.807, 2.05) is 0 Å². The van der Waals surface area contributed by atoms with Crippen LogP contribution in [0.2, 0.25) is 0 Å². The van der Waals surface area contributed by atoms with Gasteiger partial charge in [0.1, 0.15) is 5.76 Å². The molecule has 0 aromatic rings. The molecule has 0 aromatic heterocycles. The van der Waals surface area contributed by atoms with E-state index in [-0.39, 0.29) is 12.4 Å². The summed E-state index contributed by atoms with van der Waals surface area (Å²) in [7, 11) is 0. The fourth-order valence-electron chi connectivity index (χ4n) is 0.350. The Morgan fingerprint density at radius 2 is 2.22 bits per heavy atom. The zero-order valence-corrected chi connectivity index (χ0v) is 5.12. The van der Waals surface area contributed by atoms with Gasteiger partial charge in [-0.15, -0.1) is 0 Å². The largest absolute Gasteiger partial charge is 0.508 e. The Kier molecular flexibility index (Phi) is 4.54. The Morgan fingerprint density at radius 1 is 1.56 bits per heavy atom. The summed E-state index contributed by atoms with van der Waals surface area (Å²) < 4.78 is 0. The maximum Gasteiger partial charge on any atom is 0.115 e. The second kappa shape index (κ2) is 5.12. The molecule has 0 saturated carbocycles. The number of allylic oxidation sites excluding steroid dienone is 3. The highest BCUT2D eigenvalue weighted by atomic mass is 16.3. The monoisotopic (exact) mass is 126 g/mol. The van der Waals surface area contributed by atoms with Gasteiger partial charge in [-0.2, -0.15) is 0 Å². The van der Waals surface area contributed by atoms with E-state index in [0.29, 0.717) is 0 Å². The molecule has 0 aliphatic heterocycles. The molecule has 0 fully saturated rings. The van der Waals surface area contributed by atoms with Crippen LogP contribution in [0.3, 0.4) is 0 Å². The van der Waals surface area contributed by atoms with E-state index in [1.54, 1.807) is 0 Å². The fourth-order valence-corrected chi connectivity index (χ4v) is 0.350. The maximum atomic E-state index is 8.77. The SMILES string of the molecule is C=C/C=C(O)\C=C/CO. The minimum atomic E-state index is -0.0605. The van der Waals surface area contributed by atoms with Crippen molar-refractivity contribution < 1.29 is 10.2 Å². The van der Waals surface area contributed by atoms with Crippen LogP contribution in [0.5, 0.6) is 0 Å². The molecule has 0 heterocycles. The van der Waals surface area contributed by atoms with Crippen molar-refractivity contribution in [2.45, 2.75) is 0 Å². The molecule has 2 N–H and O–H groups in total. The van der Waals surface area contributed by atoms with Gasteiger partial charge in [-0.25, -0.2) is 0 Å². The lowest BCUT2D eigenvalue weighted by Gasteiger charge is -1.84. The third kappa shape index (κ3) is 4.84. The van der Waals surface area contributed by atoms with Crippen molar-refractivity contribution in [1.82, 2.24) is 0 Å². The van der Waals surface area contributed by atoms with Crippen molar-refractivity contribution in [3.63, 3.8) is 0 Å². The van der Waals surface area contributed by atoms with E-state index in [2.05, 4.69) is 6.58 Å². The first-order valence-corrected chi connectivity index (χ1v) is 2.60. The normalized spacial score (nSPS) is 12.3. The lowest BCUT2D eigenvalue weighted by molar-refractivity contribution is 0.341. The molecule has 0 bridgehead atoms. The molecule has 2 nitrogen and oxygen atoms in total. The Labute approximate surface area is 54.4 Å². The molecule has 0 rings (SSSR count). The van der Waals surface area contributed by atoms with E-state index < -0.39 is 0 Å². The molecular weight excluding hydrogens is 116 g/mol. The average Bonchev–Trinajstić information content (AvgIpc) is 1.85. The van der Waals surface area contributed by atoms with Gasteiger partial charge in [0.15, 0.2) is 0 Å². The summed E-state index contributed by atoms with van der Waals surface area (Å²) in [5, 5.41) is 17.0. The number of rotatable bonds is 3. The highest BCUT2D eigenvalue weighted by Gasteiger charge is 1.77. The molecule has 0 spiro atoms. The molecular formula is C7H10O2. The Hall–Kier alpha value is -1.02. The topological polar surface area (TPSA) is 40.5 Å². The number of hydrogen-bond donors (Lipinski definition) is 2. The molecule has 50 valence electrons. The maximum absolute atomic E-state index is 8.77. The highest BCUT2D eigenvalue weighted by Crippen LogP contribution is 1.89. The molecule has 0 atom stereocenters. The molecule has 0 unspecified atom stereocenters. The van der Waals surface area contributed by atoms with Crippen LogP contribution in [0, 0.1) is 0 Å². The first-order chi connectivity index (χ1) is 4.31. The van der Waals surface area contributed by atoms with E-state index in [0.717, 1.165) is 0 Å². The summed E-state index contributed by atoms with van der Waals surface area (Å²) >= 11 is 0. The van der Waals surface area contributed by atoms with E-state index in [4.69, 9.17) is 10.2 Å². The van der Waals surface area contributed by atoms with Crippen molar-refractivity contribution in [3.05, 3.63) is 36.6 Å². The summed E-state index contributed by atoms with van der Waals surface area (Å²) in [5.74, 6) is 0.0963. The summed E-state index contributed by atoms with van der Waals surface area (Å²) in [6.45, 7) is 3.32. The Morgan fingerprint density at radius 3 is 2.67 bits per heavy atom. The van der Waals surface area contributed by atoms with Gasteiger partial charge in [0.25, 0.3) is 0 Å². The van der Waals surface area contributed by atoms with Crippen LogP contribution in [0.25, 0.3) is 0 Å². The molecule has 2 heteroatoms. The van der Waals surface area contributed by atoms with Gasteiger partial charge in [-0.05, 0) is 12.2 Å². The lowest BCUT2D eigenvalue weighted by atomic mass is 10.4. The summed E-state index contributed by atoms with van der Waals surface area (Å²) in [4.78, 5) is 0. The van der Waals surface area contributed by atoms with Gasteiger partial charge in [0.05, 0.1) is 6.61 Å². The Balaban J connectivity index is 3.74. The Bertz CT molecular complexity index is 134. The number of hydrogen-bond acceptors (Lipinski definition) is 2. The van der Waals surface area contributed by atoms with Crippen LogP contribution in [0.1, 0.15) is 0 Å². The first kappa shape index (κ1) is 7.98. The predicted octanol–water partition coefficient (Wildman–Crippen LogP) is 1.16. The highest BCUT2D eigenvalue weighted by molar-refractivity contribution is 5.15. The molecule has 0 aliphatic carbocycles. The van der Waals surface area contributed by atoms with Crippen LogP contribution in [0.4, 0.5) is 0 Å². The third-order valence-electron chi connectivity index (χ3n) is 0.683. The molecule has 0 radical (unpaired) electrons. The van der Waals surface area contributed by atoms with Gasteiger partial charge in [0, 0.05) is 0 Å². The van der Waals surface area contributed by atoms with Crippen molar-refractivity contribution >= 4 is 0 Å². The summed E-state index contributed by atoms with van der Waals surface area (Å²) in [6, 6.07) is 0. The van der Waals surface area contributed by atoms with Gasteiger partial charge >= 0.3 is 0 Å². The summed E-state index contributed by atoms with van der Waals surface area (Å²) in [6.07, 6.45) is 5.75. The van der Waals surface area contributed by atoms with Crippen molar-refractivity contribution in [2.75, 3.05) is 6.61 Å². The van der Waals surface area contributed by atoms with Crippen LogP contribution >= 0.6 is 0 Å². The molecule has 9 heavy (non-hydrogen) atoms. The zero-order chi connectivity index (χ0) is 7.11. The van der Waals surface area contributed by atoms with Crippen molar-refractivity contribution in [1.29, 1.82) is 0 Å². The van der Waals surface area contributed by atoms with Crippen LogP contribution in [-0.2, 0) is 0 Å². The molecule has 0 aromatic carbocycles. The number of aliphatic hydroxyl groups excluding tert-OH is 2. The molecule has 0 saturated heterocycles. The van der Waals surface area contributed by atoms with Crippen LogP contribution in [-0.4, -0.2) is 16.8 Å². The predicted molar refractivity (Wildman–Crippen MR) is 37.1 cm³/mol. The third-order valence-corrected chi connectivity index (χ3v) is 0.683. The smallest absolute Gasteiger partial charge is 0.115 e. The van der Waals surface area contributed by atoms with E-state index in [1.165, 1.54) is 24.3 Å². The fraction of sp³-hybridized carbons (Fsp3) is 0.143. The van der Waals surface area contributed by atoms with Crippen molar-refractivity contribution in [2.24, 2.45) is 0 Å².